The molecule has 2 aromatic carbocycles. The van der Waals surface area contributed by atoms with Crippen LogP contribution < -0.4 is 15.0 Å². The van der Waals surface area contributed by atoms with Crippen LogP contribution in [0.4, 0.5) is 11.4 Å². The Balaban J connectivity index is 2.18. The first kappa shape index (κ1) is 18.0. The summed E-state index contributed by atoms with van der Waals surface area (Å²) in [5.74, 6) is 0.0315. The molecule has 2 amide bonds. The fourth-order valence-electron chi connectivity index (χ4n) is 2.32. The van der Waals surface area contributed by atoms with Crippen molar-refractivity contribution in [2.24, 2.45) is 0 Å². The zero-order valence-corrected chi connectivity index (χ0v) is 15.4. The van der Waals surface area contributed by atoms with Crippen molar-refractivity contribution in [3.05, 3.63) is 52.5 Å². The van der Waals surface area contributed by atoms with Gasteiger partial charge in [0.2, 0.25) is 11.8 Å². The summed E-state index contributed by atoms with van der Waals surface area (Å²) < 4.78 is 6.22. The van der Waals surface area contributed by atoms with Crippen molar-refractivity contribution in [3.63, 3.8) is 0 Å². The van der Waals surface area contributed by atoms with E-state index in [2.05, 4.69) is 21.2 Å². The second kappa shape index (κ2) is 7.97. The third-order valence-electron chi connectivity index (χ3n) is 3.52. The molecule has 2 aromatic rings. The van der Waals surface area contributed by atoms with E-state index in [1.165, 1.54) is 18.9 Å². The Labute approximate surface area is 149 Å². The number of aryl methyl sites for hydroxylation is 1. The highest BCUT2D eigenvalue weighted by atomic mass is 79.9. The molecule has 6 heteroatoms. The van der Waals surface area contributed by atoms with Gasteiger partial charge in [0.05, 0.1) is 12.8 Å². The number of hydrogen-bond donors (Lipinski definition) is 1. The summed E-state index contributed by atoms with van der Waals surface area (Å²) in [5.41, 5.74) is 2.21. The number of carbonyl (C=O) groups is 2. The lowest BCUT2D eigenvalue weighted by atomic mass is 10.2. The van der Waals surface area contributed by atoms with E-state index < -0.39 is 0 Å². The fraction of sp³-hybridized carbons (Fsp3) is 0.222. The number of carbonyl (C=O) groups excluding carboxylic acids is 2. The minimum absolute atomic E-state index is 0.0921. The lowest BCUT2D eigenvalue weighted by molar-refractivity contribution is -0.120. The van der Waals surface area contributed by atoms with Gasteiger partial charge in [-0.25, -0.2) is 0 Å². The second-order valence-corrected chi connectivity index (χ2v) is 6.20. The summed E-state index contributed by atoms with van der Waals surface area (Å²) in [5, 5.41) is 2.84. The molecular weight excluding hydrogens is 372 g/mol. The van der Waals surface area contributed by atoms with Crippen LogP contribution in [-0.4, -0.2) is 25.5 Å². The number of anilines is 2. The number of hydrogen-bond acceptors (Lipinski definition) is 3. The minimum atomic E-state index is -0.276. The molecular formula is C18H19BrN2O3. The number of nitrogens with one attached hydrogen (secondary N) is 1. The summed E-state index contributed by atoms with van der Waals surface area (Å²) in [7, 11) is 1.53. The lowest BCUT2D eigenvalue weighted by Crippen LogP contribution is -2.37. The highest BCUT2D eigenvalue weighted by Crippen LogP contribution is 2.28. The average Bonchev–Trinajstić information content (AvgIpc) is 2.55. The molecule has 0 spiro atoms. The van der Waals surface area contributed by atoms with Gasteiger partial charge in [-0.15, -0.1) is 0 Å². The highest BCUT2D eigenvalue weighted by Gasteiger charge is 2.19. The summed E-state index contributed by atoms with van der Waals surface area (Å²) >= 11 is 3.39. The van der Waals surface area contributed by atoms with Crippen LogP contribution in [0.15, 0.2) is 46.9 Å². The summed E-state index contributed by atoms with van der Waals surface area (Å²) in [6.45, 7) is 3.24. The van der Waals surface area contributed by atoms with Gasteiger partial charge < -0.3 is 10.1 Å². The summed E-state index contributed by atoms with van der Waals surface area (Å²) in [6, 6.07) is 12.7. The highest BCUT2D eigenvalue weighted by molar-refractivity contribution is 9.10. The third-order valence-corrected chi connectivity index (χ3v) is 4.01. The minimum Gasteiger partial charge on any atom is -0.495 e. The van der Waals surface area contributed by atoms with Gasteiger partial charge in [0, 0.05) is 17.1 Å². The molecule has 0 saturated carbocycles. The van der Waals surface area contributed by atoms with E-state index in [9.17, 15) is 9.59 Å². The van der Waals surface area contributed by atoms with Crippen molar-refractivity contribution < 1.29 is 14.3 Å². The Hall–Kier alpha value is -2.34. The molecule has 1 N–H and O–H groups in total. The first-order chi connectivity index (χ1) is 11.4. The van der Waals surface area contributed by atoms with Crippen molar-refractivity contribution in [1.82, 2.24) is 0 Å². The Morgan fingerprint density at radius 2 is 1.92 bits per heavy atom. The van der Waals surface area contributed by atoms with Crippen LogP contribution in [0.25, 0.3) is 0 Å². The number of ether oxygens (including phenoxy) is 1. The van der Waals surface area contributed by atoms with Gasteiger partial charge in [0.15, 0.2) is 0 Å². The van der Waals surface area contributed by atoms with Crippen molar-refractivity contribution in [3.8, 4) is 5.75 Å². The van der Waals surface area contributed by atoms with Crippen LogP contribution in [-0.2, 0) is 9.59 Å². The molecule has 0 fully saturated rings. The predicted octanol–water partition coefficient (Wildman–Crippen LogP) is 3.76. The van der Waals surface area contributed by atoms with E-state index >= 15 is 0 Å². The molecule has 0 heterocycles. The number of benzene rings is 2. The van der Waals surface area contributed by atoms with Gasteiger partial charge in [0.1, 0.15) is 12.3 Å². The van der Waals surface area contributed by atoms with Crippen molar-refractivity contribution in [1.29, 1.82) is 0 Å². The third kappa shape index (κ3) is 4.35. The molecule has 0 radical (unpaired) electrons. The topological polar surface area (TPSA) is 58.6 Å². The average molecular weight is 391 g/mol. The van der Waals surface area contributed by atoms with Crippen molar-refractivity contribution >= 4 is 39.1 Å². The van der Waals surface area contributed by atoms with Crippen LogP contribution in [0.2, 0.25) is 0 Å². The Morgan fingerprint density at radius 3 is 2.54 bits per heavy atom. The molecule has 0 bridgehead atoms. The maximum Gasteiger partial charge on any atom is 0.244 e. The molecule has 0 saturated heterocycles. The molecule has 126 valence electrons. The van der Waals surface area contributed by atoms with Crippen molar-refractivity contribution in [2.45, 2.75) is 13.8 Å². The Morgan fingerprint density at radius 1 is 1.21 bits per heavy atom. The summed E-state index contributed by atoms with van der Waals surface area (Å²) in [6.07, 6.45) is 0. The van der Waals surface area contributed by atoms with Crippen LogP contribution in [0.5, 0.6) is 5.75 Å². The Bertz CT molecular complexity index is 762. The standard InChI is InChI=1S/C18H19BrN2O3/c1-12-10-14(19)8-9-15(12)20-18(23)11-21(13(2)22)16-6-4-5-7-17(16)24-3/h4-10H,11H2,1-3H3,(H,20,23). The number of nitrogens with zero attached hydrogens (tertiary/aromatic N) is 1. The van der Waals surface area contributed by atoms with Gasteiger partial charge in [-0.05, 0) is 42.8 Å². The molecule has 0 aliphatic carbocycles. The largest absolute Gasteiger partial charge is 0.495 e. The molecule has 0 aliphatic heterocycles. The number of halogens is 1. The number of amides is 2. The van der Waals surface area contributed by atoms with E-state index in [0.29, 0.717) is 17.1 Å². The zero-order chi connectivity index (χ0) is 17.7. The molecule has 0 unspecified atom stereocenters. The molecule has 5 nitrogen and oxygen atoms in total. The molecule has 2 rings (SSSR count). The number of methoxy groups -OCH3 is 1. The van der Waals surface area contributed by atoms with Crippen LogP contribution >= 0.6 is 15.9 Å². The first-order valence-corrected chi connectivity index (χ1v) is 8.18. The van der Waals surface area contributed by atoms with E-state index in [-0.39, 0.29) is 18.4 Å². The fourth-order valence-corrected chi connectivity index (χ4v) is 2.80. The van der Waals surface area contributed by atoms with E-state index in [1.54, 1.807) is 18.2 Å². The normalized spacial score (nSPS) is 10.2. The van der Waals surface area contributed by atoms with Crippen LogP contribution in [0.3, 0.4) is 0 Å². The quantitative estimate of drug-likeness (QED) is 0.845. The second-order valence-electron chi connectivity index (χ2n) is 5.28. The predicted molar refractivity (Wildman–Crippen MR) is 98.5 cm³/mol. The van der Waals surface area contributed by atoms with E-state index in [0.717, 1.165) is 10.0 Å². The monoisotopic (exact) mass is 390 g/mol. The van der Waals surface area contributed by atoms with Gasteiger partial charge >= 0.3 is 0 Å². The first-order valence-electron chi connectivity index (χ1n) is 7.39. The summed E-state index contributed by atoms with van der Waals surface area (Å²) in [4.78, 5) is 25.8. The zero-order valence-electron chi connectivity index (χ0n) is 13.8. The maximum atomic E-state index is 12.4. The maximum absolute atomic E-state index is 12.4. The molecule has 0 aromatic heterocycles. The molecule has 24 heavy (non-hydrogen) atoms. The van der Waals surface area contributed by atoms with Crippen molar-refractivity contribution in [2.75, 3.05) is 23.9 Å². The van der Waals surface area contributed by atoms with E-state index in [1.807, 2.05) is 31.2 Å². The van der Waals surface area contributed by atoms with Gasteiger partial charge in [-0.3, -0.25) is 14.5 Å². The van der Waals surface area contributed by atoms with Crippen LogP contribution in [0, 0.1) is 6.92 Å². The van der Waals surface area contributed by atoms with Gasteiger partial charge in [-0.1, -0.05) is 28.1 Å². The lowest BCUT2D eigenvalue weighted by Gasteiger charge is -2.23. The SMILES string of the molecule is COc1ccccc1N(CC(=O)Nc1ccc(Br)cc1C)C(C)=O. The van der Waals surface area contributed by atoms with Gasteiger partial charge in [-0.2, -0.15) is 0 Å². The number of rotatable bonds is 5. The van der Waals surface area contributed by atoms with Gasteiger partial charge in [0.25, 0.3) is 0 Å². The van der Waals surface area contributed by atoms with Crippen LogP contribution in [0.1, 0.15) is 12.5 Å². The molecule has 0 aliphatic rings. The smallest absolute Gasteiger partial charge is 0.244 e. The Kier molecular flexibility index (Phi) is 5.98. The molecule has 0 atom stereocenters. The number of para-hydroxylation sites is 2. The van der Waals surface area contributed by atoms with E-state index in [4.69, 9.17) is 4.74 Å².